The third-order valence-corrected chi connectivity index (χ3v) is 8.47. The molecule has 34 heavy (non-hydrogen) atoms. The minimum absolute atomic E-state index is 0.108. The van der Waals surface area contributed by atoms with Gasteiger partial charge >= 0.3 is 0 Å². The number of pyridine rings is 1. The Morgan fingerprint density at radius 2 is 1.79 bits per heavy atom. The first-order chi connectivity index (χ1) is 16.5. The molecule has 1 aromatic heterocycles. The van der Waals surface area contributed by atoms with Gasteiger partial charge in [-0.3, -0.25) is 14.7 Å². The summed E-state index contributed by atoms with van der Waals surface area (Å²) in [6.45, 7) is 6.25. The molecule has 0 aliphatic carbocycles. The smallest absolute Gasteiger partial charge is 0.256 e. The molecule has 2 aliphatic rings. The third-order valence-electron chi connectivity index (χ3n) is 7.73. The molecule has 2 fully saturated rings. The van der Waals surface area contributed by atoms with E-state index in [-0.39, 0.29) is 5.91 Å². The number of piperidine rings is 2. The van der Waals surface area contributed by atoms with Gasteiger partial charge in [0, 0.05) is 37.3 Å². The fraction of sp³-hybridized carbons (Fsp3) is 0.429. The highest BCUT2D eigenvalue weighted by atomic mass is 35.5. The van der Waals surface area contributed by atoms with E-state index >= 15 is 0 Å². The first-order valence-electron chi connectivity index (χ1n) is 12.3. The lowest BCUT2D eigenvalue weighted by Crippen LogP contribution is -2.51. The predicted octanol–water partition coefficient (Wildman–Crippen LogP) is 6.35. The van der Waals surface area contributed by atoms with Gasteiger partial charge in [0.1, 0.15) is 0 Å². The second-order valence-electron chi connectivity index (χ2n) is 9.88. The predicted molar refractivity (Wildman–Crippen MR) is 140 cm³/mol. The molecular formula is C28H31Cl2N3O. The van der Waals surface area contributed by atoms with E-state index in [9.17, 15) is 4.79 Å². The lowest BCUT2D eigenvalue weighted by molar-refractivity contribution is 0.0437. The van der Waals surface area contributed by atoms with Gasteiger partial charge in [-0.15, -0.1) is 0 Å². The highest BCUT2D eigenvalue weighted by Gasteiger charge is 2.33. The van der Waals surface area contributed by atoms with E-state index in [1.54, 1.807) is 6.20 Å². The van der Waals surface area contributed by atoms with Crippen molar-refractivity contribution in [2.24, 2.45) is 11.8 Å². The number of nitrogens with zero attached hydrogens (tertiary/aromatic N) is 3. The van der Waals surface area contributed by atoms with Crippen molar-refractivity contribution < 1.29 is 4.79 Å². The number of para-hydroxylation sites is 1. The number of aromatic nitrogens is 1. The molecule has 1 amide bonds. The Bertz CT molecular complexity index is 1170. The van der Waals surface area contributed by atoms with Gasteiger partial charge in [-0.05, 0) is 73.9 Å². The van der Waals surface area contributed by atoms with Crippen LogP contribution in [-0.4, -0.2) is 52.9 Å². The lowest BCUT2D eigenvalue weighted by atomic mass is 9.81. The van der Waals surface area contributed by atoms with Gasteiger partial charge in [0.05, 0.1) is 21.1 Å². The number of hydrogen-bond acceptors (Lipinski definition) is 3. The zero-order valence-corrected chi connectivity index (χ0v) is 21.1. The van der Waals surface area contributed by atoms with E-state index in [4.69, 9.17) is 23.2 Å². The second-order valence-corrected chi connectivity index (χ2v) is 10.7. The van der Waals surface area contributed by atoms with Crippen molar-refractivity contribution in [3.63, 3.8) is 0 Å². The van der Waals surface area contributed by atoms with Crippen LogP contribution < -0.4 is 0 Å². The van der Waals surface area contributed by atoms with E-state index < -0.39 is 0 Å². The summed E-state index contributed by atoms with van der Waals surface area (Å²) in [6.07, 6.45) is 6.08. The van der Waals surface area contributed by atoms with Crippen LogP contribution in [0.5, 0.6) is 0 Å². The topological polar surface area (TPSA) is 36.4 Å². The summed E-state index contributed by atoms with van der Waals surface area (Å²) in [5.74, 6) is 1.40. The molecule has 3 heterocycles. The zero-order chi connectivity index (χ0) is 23.7. The Balaban J connectivity index is 1.16. The molecular weight excluding hydrogens is 465 g/mol. The Morgan fingerprint density at radius 1 is 1.00 bits per heavy atom. The van der Waals surface area contributed by atoms with Gasteiger partial charge in [-0.2, -0.15) is 0 Å². The number of amides is 1. The van der Waals surface area contributed by atoms with E-state index in [1.807, 2.05) is 47.4 Å². The van der Waals surface area contributed by atoms with Crippen LogP contribution in [0.25, 0.3) is 10.9 Å². The Labute approximate surface area is 211 Å². The van der Waals surface area contributed by atoms with E-state index in [0.29, 0.717) is 33.5 Å². The van der Waals surface area contributed by atoms with Gasteiger partial charge in [-0.25, -0.2) is 0 Å². The van der Waals surface area contributed by atoms with Crippen LogP contribution in [-0.2, 0) is 6.42 Å². The summed E-state index contributed by atoms with van der Waals surface area (Å²) < 4.78 is 0. The molecule has 0 spiro atoms. The molecule has 2 aromatic carbocycles. The average molecular weight is 496 g/mol. The summed E-state index contributed by atoms with van der Waals surface area (Å²) in [6, 6.07) is 16.4. The van der Waals surface area contributed by atoms with Crippen LogP contribution >= 0.6 is 23.2 Å². The normalized spacial score (nSPS) is 22.3. The highest BCUT2D eigenvalue weighted by molar-refractivity contribution is 6.42. The number of likely N-dealkylation sites (tertiary alicyclic amines) is 2. The van der Waals surface area contributed by atoms with Gasteiger partial charge in [0.25, 0.3) is 5.91 Å². The molecule has 2 unspecified atom stereocenters. The number of rotatable bonds is 4. The average Bonchev–Trinajstić information content (AvgIpc) is 2.87. The molecule has 178 valence electrons. The number of hydrogen-bond donors (Lipinski definition) is 0. The molecule has 0 bridgehead atoms. The summed E-state index contributed by atoms with van der Waals surface area (Å²) in [5.41, 5.74) is 2.79. The second kappa shape index (κ2) is 10.2. The molecule has 0 radical (unpaired) electrons. The Kier molecular flexibility index (Phi) is 7.10. The Morgan fingerprint density at radius 3 is 2.56 bits per heavy atom. The SMILES string of the molecule is CC1CN(C2CCN(C(=O)c3cccc4cccnc34)CC2)CCC1Cc1ccc(Cl)c(Cl)c1. The van der Waals surface area contributed by atoms with Crippen LogP contribution in [0.2, 0.25) is 10.0 Å². The maximum atomic E-state index is 13.3. The molecule has 6 heteroatoms. The van der Waals surface area contributed by atoms with Crippen molar-refractivity contribution in [1.29, 1.82) is 0 Å². The lowest BCUT2D eigenvalue weighted by Gasteiger charge is -2.44. The maximum Gasteiger partial charge on any atom is 0.256 e. The summed E-state index contributed by atoms with van der Waals surface area (Å²) >= 11 is 12.3. The van der Waals surface area contributed by atoms with Crippen molar-refractivity contribution in [2.45, 2.75) is 38.6 Å². The fourth-order valence-corrected chi connectivity index (χ4v) is 6.03. The number of benzene rings is 2. The quantitative estimate of drug-likeness (QED) is 0.423. The van der Waals surface area contributed by atoms with Crippen LogP contribution in [0, 0.1) is 11.8 Å². The van der Waals surface area contributed by atoms with Gasteiger partial charge in [0.15, 0.2) is 0 Å². The third kappa shape index (κ3) is 4.95. The molecule has 5 rings (SSSR count). The van der Waals surface area contributed by atoms with Crippen molar-refractivity contribution in [3.05, 3.63) is 75.9 Å². The number of fused-ring (bicyclic) bond motifs is 1. The molecule has 2 aliphatic heterocycles. The first kappa shape index (κ1) is 23.6. The van der Waals surface area contributed by atoms with Crippen molar-refractivity contribution >= 4 is 40.0 Å². The van der Waals surface area contributed by atoms with Crippen LogP contribution in [0.1, 0.15) is 42.1 Å². The monoisotopic (exact) mass is 495 g/mol. The number of carbonyl (C=O) groups is 1. The minimum Gasteiger partial charge on any atom is -0.338 e. The maximum absolute atomic E-state index is 13.3. The highest BCUT2D eigenvalue weighted by Crippen LogP contribution is 2.32. The van der Waals surface area contributed by atoms with Crippen LogP contribution in [0.3, 0.4) is 0 Å². The molecule has 0 N–H and O–H groups in total. The van der Waals surface area contributed by atoms with E-state index in [2.05, 4.69) is 22.9 Å². The largest absolute Gasteiger partial charge is 0.338 e. The number of halogens is 2. The van der Waals surface area contributed by atoms with E-state index in [1.165, 1.54) is 12.0 Å². The van der Waals surface area contributed by atoms with Crippen LogP contribution in [0.15, 0.2) is 54.7 Å². The molecule has 2 saturated heterocycles. The standard InChI is InChI=1S/C28H31Cl2N3O/c1-19-18-33(13-9-22(19)16-20-7-8-25(29)26(30)17-20)23-10-14-32(15-11-23)28(34)24-6-2-4-21-5-3-12-31-27(21)24/h2-8,12,17,19,22-23H,9-11,13-16,18H2,1H3. The fourth-order valence-electron chi connectivity index (χ4n) is 5.71. The van der Waals surface area contributed by atoms with E-state index in [0.717, 1.165) is 56.3 Å². The number of carbonyl (C=O) groups excluding carboxylic acids is 1. The van der Waals surface area contributed by atoms with Crippen molar-refractivity contribution in [2.75, 3.05) is 26.2 Å². The van der Waals surface area contributed by atoms with Crippen molar-refractivity contribution in [1.82, 2.24) is 14.8 Å². The van der Waals surface area contributed by atoms with Gasteiger partial charge < -0.3 is 4.90 Å². The molecule has 4 nitrogen and oxygen atoms in total. The summed E-state index contributed by atoms with van der Waals surface area (Å²) in [7, 11) is 0. The molecule has 2 atom stereocenters. The van der Waals surface area contributed by atoms with Crippen LogP contribution in [0.4, 0.5) is 0 Å². The van der Waals surface area contributed by atoms with Gasteiger partial charge in [-0.1, -0.05) is 54.4 Å². The zero-order valence-electron chi connectivity index (χ0n) is 19.6. The first-order valence-corrected chi connectivity index (χ1v) is 13.1. The molecule has 0 saturated carbocycles. The molecule has 3 aromatic rings. The summed E-state index contributed by atoms with van der Waals surface area (Å²) in [4.78, 5) is 22.4. The minimum atomic E-state index is 0.108. The Hall–Kier alpha value is -2.14. The van der Waals surface area contributed by atoms with Gasteiger partial charge in [0.2, 0.25) is 0 Å². The summed E-state index contributed by atoms with van der Waals surface area (Å²) in [5, 5.41) is 2.28. The van der Waals surface area contributed by atoms with Crippen molar-refractivity contribution in [3.8, 4) is 0 Å².